The second kappa shape index (κ2) is 8.44. The van der Waals surface area contributed by atoms with Crippen LogP contribution in [0.5, 0.6) is 5.75 Å². The van der Waals surface area contributed by atoms with Gasteiger partial charge < -0.3 is 14.5 Å². The van der Waals surface area contributed by atoms with Crippen molar-refractivity contribution in [1.82, 2.24) is 4.98 Å². The molecule has 3 aromatic carbocycles. The average Bonchev–Trinajstić information content (AvgIpc) is 3.26. The van der Waals surface area contributed by atoms with E-state index >= 15 is 0 Å². The molecule has 0 saturated carbocycles. The molecule has 29 heavy (non-hydrogen) atoms. The van der Waals surface area contributed by atoms with Crippen LogP contribution in [0.1, 0.15) is 17.3 Å². The van der Waals surface area contributed by atoms with Crippen molar-refractivity contribution in [2.75, 3.05) is 11.9 Å². The van der Waals surface area contributed by atoms with Gasteiger partial charge in [-0.05, 0) is 43.3 Å². The zero-order valence-electron chi connectivity index (χ0n) is 16.0. The number of rotatable bonds is 6. The topological polar surface area (TPSA) is 64.4 Å². The first-order valence-electron chi connectivity index (χ1n) is 9.39. The Hall–Kier alpha value is -3.86. The second-order valence-corrected chi connectivity index (χ2v) is 6.35. The minimum atomic E-state index is -0.232. The Balaban J connectivity index is 1.58. The number of nitrogens with zero attached hydrogens (tertiary/aromatic N) is 1. The molecule has 0 spiro atoms. The molecule has 1 heterocycles. The number of carbonyl (C=O) groups is 1. The van der Waals surface area contributed by atoms with Crippen molar-refractivity contribution in [3.63, 3.8) is 0 Å². The Morgan fingerprint density at radius 1 is 0.966 bits per heavy atom. The molecular weight excluding hydrogens is 364 g/mol. The van der Waals surface area contributed by atoms with E-state index in [1.807, 2.05) is 79.7 Å². The van der Waals surface area contributed by atoms with Gasteiger partial charge in [0.2, 0.25) is 5.89 Å². The Kier molecular flexibility index (Phi) is 5.38. The third-order valence-corrected chi connectivity index (χ3v) is 4.39. The van der Waals surface area contributed by atoms with Gasteiger partial charge in [0, 0.05) is 16.8 Å². The summed E-state index contributed by atoms with van der Waals surface area (Å²) >= 11 is 0. The Labute approximate surface area is 169 Å². The van der Waals surface area contributed by atoms with Crippen molar-refractivity contribution in [2.45, 2.75) is 6.92 Å². The SMILES string of the molecule is CCOc1ccc(NC(=O)c2ccccc2-c2ncc(-c3ccccc3)o2)cc1. The molecule has 4 aromatic rings. The number of amides is 1. The first kappa shape index (κ1) is 18.5. The van der Waals surface area contributed by atoms with E-state index in [2.05, 4.69) is 10.3 Å². The lowest BCUT2D eigenvalue weighted by molar-refractivity contribution is 0.102. The van der Waals surface area contributed by atoms with Crippen LogP contribution in [0.4, 0.5) is 5.69 Å². The average molecular weight is 384 g/mol. The van der Waals surface area contributed by atoms with Gasteiger partial charge >= 0.3 is 0 Å². The van der Waals surface area contributed by atoms with E-state index in [0.717, 1.165) is 11.3 Å². The largest absolute Gasteiger partial charge is 0.494 e. The number of ether oxygens (including phenoxy) is 1. The summed E-state index contributed by atoms with van der Waals surface area (Å²) in [6.07, 6.45) is 1.67. The third kappa shape index (κ3) is 4.19. The van der Waals surface area contributed by atoms with Gasteiger partial charge in [-0.1, -0.05) is 42.5 Å². The minimum absolute atomic E-state index is 0.232. The predicted molar refractivity (Wildman–Crippen MR) is 113 cm³/mol. The summed E-state index contributed by atoms with van der Waals surface area (Å²) in [6.45, 7) is 2.53. The van der Waals surface area contributed by atoms with Crippen molar-refractivity contribution < 1.29 is 13.9 Å². The van der Waals surface area contributed by atoms with Crippen LogP contribution in [0.25, 0.3) is 22.8 Å². The van der Waals surface area contributed by atoms with Crippen LogP contribution in [-0.4, -0.2) is 17.5 Å². The molecule has 0 aliphatic rings. The molecule has 144 valence electrons. The maximum Gasteiger partial charge on any atom is 0.256 e. The lowest BCUT2D eigenvalue weighted by atomic mass is 10.1. The zero-order valence-corrected chi connectivity index (χ0v) is 16.0. The summed E-state index contributed by atoms with van der Waals surface area (Å²) in [7, 11) is 0. The third-order valence-electron chi connectivity index (χ3n) is 4.39. The highest BCUT2D eigenvalue weighted by molar-refractivity contribution is 6.08. The maximum absolute atomic E-state index is 12.9. The van der Waals surface area contributed by atoms with Crippen LogP contribution in [0.2, 0.25) is 0 Å². The van der Waals surface area contributed by atoms with Gasteiger partial charge in [-0.15, -0.1) is 0 Å². The highest BCUT2D eigenvalue weighted by atomic mass is 16.5. The molecule has 0 radical (unpaired) electrons. The van der Waals surface area contributed by atoms with E-state index in [9.17, 15) is 4.79 Å². The highest BCUT2D eigenvalue weighted by Gasteiger charge is 2.17. The zero-order chi connectivity index (χ0) is 20.1. The molecule has 1 amide bonds. The van der Waals surface area contributed by atoms with E-state index in [-0.39, 0.29) is 5.91 Å². The van der Waals surface area contributed by atoms with Crippen molar-refractivity contribution in [3.8, 4) is 28.5 Å². The van der Waals surface area contributed by atoms with Crippen LogP contribution in [0.15, 0.2) is 89.5 Å². The van der Waals surface area contributed by atoms with E-state index in [4.69, 9.17) is 9.15 Å². The van der Waals surface area contributed by atoms with Crippen LogP contribution < -0.4 is 10.1 Å². The number of anilines is 1. The number of hydrogen-bond donors (Lipinski definition) is 1. The van der Waals surface area contributed by atoms with Gasteiger partial charge in [0.25, 0.3) is 5.91 Å². The first-order chi connectivity index (χ1) is 14.2. The van der Waals surface area contributed by atoms with Gasteiger partial charge in [0.15, 0.2) is 5.76 Å². The van der Waals surface area contributed by atoms with Gasteiger partial charge in [0.1, 0.15) is 5.75 Å². The smallest absolute Gasteiger partial charge is 0.256 e. The molecule has 0 fully saturated rings. The summed E-state index contributed by atoms with van der Waals surface area (Å²) in [5, 5.41) is 2.91. The maximum atomic E-state index is 12.9. The Morgan fingerprint density at radius 3 is 2.45 bits per heavy atom. The molecule has 4 rings (SSSR count). The number of nitrogens with one attached hydrogen (secondary N) is 1. The molecule has 5 nitrogen and oxygen atoms in total. The molecule has 5 heteroatoms. The van der Waals surface area contributed by atoms with Crippen LogP contribution in [0, 0.1) is 0 Å². The Morgan fingerprint density at radius 2 is 1.69 bits per heavy atom. The highest BCUT2D eigenvalue weighted by Crippen LogP contribution is 2.28. The molecule has 0 aliphatic carbocycles. The summed E-state index contributed by atoms with van der Waals surface area (Å²) in [4.78, 5) is 17.3. The van der Waals surface area contributed by atoms with E-state index in [1.54, 1.807) is 12.3 Å². The monoisotopic (exact) mass is 384 g/mol. The summed E-state index contributed by atoms with van der Waals surface area (Å²) < 4.78 is 11.4. The fraction of sp³-hybridized carbons (Fsp3) is 0.0833. The van der Waals surface area contributed by atoms with Crippen LogP contribution in [-0.2, 0) is 0 Å². The van der Waals surface area contributed by atoms with Crippen LogP contribution in [0.3, 0.4) is 0 Å². The van der Waals surface area contributed by atoms with Gasteiger partial charge in [0.05, 0.1) is 18.4 Å². The van der Waals surface area contributed by atoms with E-state index in [0.29, 0.717) is 35.1 Å². The normalized spacial score (nSPS) is 10.5. The summed E-state index contributed by atoms with van der Waals surface area (Å²) in [5.74, 6) is 1.59. The first-order valence-corrected chi connectivity index (χ1v) is 9.39. The summed E-state index contributed by atoms with van der Waals surface area (Å²) in [6, 6.07) is 24.3. The Bertz CT molecular complexity index is 1100. The fourth-order valence-corrected chi connectivity index (χ4v) is 3.00. The van der Waals surface area contributed by atoms with Gasteiger partial charge in [-0.3, -0.25) is 4.79 Å². The van der Waals surface area contributed by atoms with E-state index in [1.165, 1.54) is 0 Å². The molecule has 0 atom stereocenters. The van der Waals surface area contributed by atoms with E-state index < -0.39 is 0 Å². The predicted octanol–water partition coefficient (Wildman–Crippen LogP) is 5.66. The molecule has 1 N–H and O–H groups in total. The quantitative estimate of drug-likeness (QED) is 0.466. The number of hydrogen-bond acceptors (Lipinski definition) is 4. The molecule has 0 aliphatic heterocycles. The molecule has 0 unspecified atom stereocenters. The standard InChI is InChI=1S/C24H20N2O3/c1-2-28-19-14-12-18(13-15-19)26-23(27)20-10-6-7-11-21(20)24-25-16-22(29-24)17-8-4-3-5-9-17/h3-16H,2H2,1H3,(H,26,27). The lowest BCUT2D eigenvalue weighted by Gasteiger charge is -2.09. The fourth-order valence-electron chi connectivity index (χ4n) is 3.00. The molecule has 0 saturated heterocycles. The molecular formula is C24H20N2O3. The number of aromatic nitrogens is 1. The number of benzene rings is 3. The van der Waals surface area contributed by atoms with Crippen molar-refractivity contribution >= 4 is 11.6 Å². The van der Waals surface area contributed by atoms with Crippen molar-refractivity contribution in [3.05, 3.63) is 90.6 Å². The molecule has 0 bridgehead atoms. The van der Waals surface area contributed by atoms with Crippen molar-refractivity contribution in [1.29, 1.82) is 0 Å². The number of carbonyl (C=O) groups excluding carboxylic acids is 1. The lowest BCUT2D eigenvalue weighted by Crippen LogP contribution is -2.13. The number of oxazole rings is 1. The minimum Gasteiger partial charge on any atom is -0.494 e. The summed E-state index contributed by atoms with van der Waals surface area (Å²) in [5.41, 5.74) is 2.74. The second-order valence-electron chi connectivity index (χ2n) is 6.35. The van der Waals surface area contributed by atoms with Gasteiger partial charge in [-0.2, -0.15) is 0 Å². The van der Waals surface area contributed by atoms with Gasteiger partial charge in [-0.25, -0.2) is 4.98 Å². The molecule has 1 aromatic heterocycles. The van der Waals surface area contributed by atoms with Crippen LogP contribution >= 0.6 is 0 Å². The van der Waals surface area contributed by atoms with Crippen molar-refractivity contribution in [2.24, 2.45) is 0 Å².